The Morgan fingerprint density at radius 1 is 1.27 bits per heavy atom. The Hall–Kier alpha value is -1.81. The van der Waals surface area contributed by atoms with Crippen LogP contribution in [0.15, 0.2) is 46.3 Å². The van der Waals surface area contributed by atoms with E-state index < -0.39 is 0 Å². The molecule has 22 heavy (non-hydrogen) atoms. The molecule has 1 unspecified atom stereocenters. The van der Waals surface area contributed by atoms with Crippen LogP contribution in [0, 0.1) is 5.92 Å². The van der Waals surface area contributed by atoms with Crippen LogP contribution in [-0.2, 0) is 4.79 Å². The topological polar surface area (TPSA) is 62.0 Å². The summed E-state index contributed by atoms with van der Waals surface area (Å²) in [6.45, 7) is 4.48. The summed E-state index contributed by atoms with van der Waals surface area (Å²) in [7, 11) is 0. The number of nitrogens with zero attached hydrogens (tertiary/aromatic N) is 2. The van der Waals surface area contributed by atoms with E-state index in [1.807, 2.05) is 43.3 Å². The fraction of sp³-hybridized carbons (Fsp3) is 0.500. The van der Waals surface area contributed by atoms with Crippen molar-refractivity contribution in [2.24, 2.45) is 16.1 Å². The molecule has 0 amide bonds. The lowest BCUT2D eigenvalue weighted by Gasteiger charge is -2.15. The summed E-state index contributed by atoms with van der Waals surface area (Å²) in [5.41, 5.74) is 1.70. The Kier molecular flexibility index (Phi) is 9.00. The van der Waals surface area contributed by atoms with Gasteiger partial charge in [-0.15, -0.1) is 0 Å². The molecule has 1 aromatic rings. The second-order valence-electron chi connectivity index (χ2n) is 5.17. The van der Waals surface area contributed by atoms with Crippen molar-refractivity contribution in [3.8, 4) is 0 Å². The second-order valence-corrected chi connectivity index (χ2v) is 5.17. The van der Waals surface area contributed by atoms with Gasteiger partial charge in [-0.25, -0.2) is 0 Å². The van der Waals surface area contributed by atoms with Crippen LogP contribution in [0.5, 0.6) is 0 Å². The molecule has 1 atom stereocenters. The molecule has 0 fully saturated rings. The number of aliphatic hydroxyl groups is 1. The van der Waals surface area contributed by atoms with E-state index in [1.54, 1.807) is 0 Å². The van der Waals surface area contributed by atoms with E-state index in [0.717, 1.165) is 24.8 Å². The Labute approximate surface area is 133 Å². The number of ketones is 1. The molecule has 4 heteroatoms. The highest BCUT2D eigenvalue weighted by molar-refractivity contribution is 5.85. The van der Waals surface area contributed by atoms with E-state index in [2.05, 4.69) is 17.2 Å². The van der Waals surface area contributed by atoms with Crippen LogP contribution < -0.4 is 0 Å². The molecule has 0 bridgehead atoms. The van der Waals surface area contributed by atoms with Crippen molar-refractivity contribution in [3.63, 3.8) is 0 Å². The molecule has 0 aromatic heterocycles. The fourth-order valence-electron chi connectivity index (χ4n) is 2.24. The number of hydrogen-bond donors (Lipinski definition) is 1. The standard InChI is InChI=1S/C18H26N2O2/c1-3-5-11-16(18(22)12-13-21)17(20-19-4-2)14-15-9-7-6-8-10-15/h6-10,14,16,21H,3-5,11-13H2,1-2H3. The summed E-state index contributed by atoms with van der Waals surface area (Å²) in [4.78, 5) is 12.3. The number of hydrogen-bond acceptors (Lipinski definition) is 4. The minimum absolute atomic E-state index is 0.0354. The Balaban J connectivity index is 3.10. The van der Waals surface area contributed by atoms with Gasteiger partial charge in [0.25, 0.3) is 0 Å². The zero-order valence-corrected chi connectivity index (χ0v) is 13.5. The zero-order chi connectivity index (χ0) is 16.2. The Morgan fingerprint density at radius 2 is 2.00 bits per heavy atom. The van der Waals surface area contributed by atoms with Crippen LogP contribution in [0.2, 0.25) is 0 Å². The van der Waals surface area contributed by atoms with Crippen LogP contribution in [0.3, 0.4) is 0 Å². The maximum atomic E-state index is 12.3. The molecule has 1 aromatic carbocycles. The Bertz CT molecular complexity index is 495. The van der Waals surface area contributed by atoms with Crippen LogP contribution in [0.25, 0.3) is 6.08 Å². The quantitative estimate of drug-likeness (QED) is 0.656. The van der Waals surface area contributed by atoms with Gasteiger partial charge in [0.05, 0.1) is 18.2 Å². The highest BCUT2D eigenvalue weighted by Gasteiger charge is 2.22. The zero-order valence-electron chi connectivity index (χ0n) is 13.5. The number of carbonyl (C=O) groups is 1. The smallest absolute Gasteiger partial charge is 0.144 e. The average molecular weight is 302 g/mol. The first-order chi connectivity index (χ1) is 10.7. The first kappa shape index (κ1) is 18.2. The lowest BCUT2D eigenvalue weighted by molar-refractivity contribution is -0.122. The van der Waals surface area contributed by atoms with Gasteiger partial charge in [-0.1, -0.05) is 50.1 Å². The van der Waals surface area contributed by atoms with Crippen LogP contribution in [0.4, 0.5) is 0 Å². The minimum Gasteiger partial charge on any atom is -0.396 e. The van der Waals surface area contributed by atoms with Gasteiger partial charge in [0.1, 0.15) is 5.78 Å². The van der Waals surface area contributed by atoms with Crippen LogP contribution in [0.1, 0.15) is 45.1 Å². The Morgan fingerprint density at radius 3 is 2.59 bits per heavy atom. The van der Waals surface area contributed by atoms with Crippen molar-refractivity contribution >= 4 is 11.9 Å². The highest BCUT2D eigenvalue weighted by Crippen LogP contribution is 2.24. The molecule has 0 heterocycles. The number of Topliss-reactive ketones (excluding diaryl/α,β-unsaturated/α-hetero) is 1. The molecule has 0 aliphatic rings. The number of rotatable bonds is 10. The van der Waals surface area contributed by atoms with Gasteiger partial charge in [-0.2, -0.15) is 10.2 Å². The predicted molar refractivity (Wildman–Crippen MR) is 89.5 cm³/mol. The third-order valence-electron chi connectivity index (χ3n) is 3.39. The number of benzene rings is 1. The lowest BCUT2D eigenvalue weighted by atomic mass is 9.91. The highest BCUT2D eigenvalue weighted by atomic mass is 16.3. The van der Waals surface area contributed by atoms with Crippen molar-refractivity contribution in [2.45, 2.75) is 39.5 Å². The van der Waals surface area contributed by atoms with Gasteiger partial charge < -0.3 is 5.11 Å². The maximum Gasteiger partial charge on any atom is 0.144 e. The molecular weight excluding hydrogens is 276 g/mol. The largest absolute Gasteiger partial charge is 0.396 e. The van der Waals surface area contributed by atoms with Gasteiger partial charge in [0.2, 0.25) is 0 Å². The SMILES string of the molecule is CCCCC(C(=O)CCO)C(=Cc1ccccc1)N=NCC. The summed E-state index contributed by atoms with van der Waals surface area (Å²) in [6, 6.07) is 9.83. The molecule has 1 N–H and O–H groups in total. The number of allylic oxidation sites excluding steroid dienone is 1. The van der Waals surface area contributed by atoms with Crippen molar-refractivity contribution in [3.05, 3.63) is 41.6 Å². The third kappa shape index (κ3) is 6.31. The van der Waals surface area contributed by atoms with E-state index >= 15 is 0 Å². The average Bonchev–Trinajstić information content (AvgIpc) is 2.54. The molecule has 0 aliphatic carbocycles. The molecule has 0 saturated carbocycles. The molecular formula is C18H26N2O2. The van der Waals surface area contributed by atoms with Gasteiger partial charge >= 0.3 is 0 Å². The predicted octanol–water partition coefficient (Wildman–Crippen LogP) is 4.26. The summed E-state index contributed by atoms with van der Waals surface area (Å²) in [5, 5.41) is 17.4. The van der Waals surface area contributed by atoms with Gasteiger partial charge in [-0.05, 0) is 25.0 Å². The second kappa shape index (κ2) is 10.9. The number of carbonyl (C=O) groups excluding carboxylic acids is 1. The van der Waals surface area contributed by atoms with Gasteiger partial charge in [0.15, 0.2) is 0 Å². The molecule has 120 valence electrons. The molecule has 0 spiro atoms. The first-order valence-corrected chi connectivity index (χ1v) is 8.00. The van der Waals surface area contributed by atoms with E-state index in [1.165, 1.54) is 0 Å². The monoisotopic (exact) mass is 302 g/mol. The first-order valence-electron chi connectivity index (χ1n) is 8.00. The van der Waals surface area contributed by atoms with E-state index in [4.69, 9.17) is 5.11 Å². The van der Waals surface area contributed by atoms with E-state index in [-0.39, 0.29) is 24.7 Å². The van der Waals surface area contributed by atoms with Crippen molar-refractivity contribution in [1.82, 2.24) is 0 Å². The van der Waals surface area contributed by atoms with Crippen molar-refractivity contribution < 1.29 is 9.90 Å². The fourth-order valence-corrected chi connectivity index (χ4v) is 2.24. The van der Waals surface area contributed by atoms with Crippen molar-refractivity contribution in [2.75, 3.05) is 13.2 Å². The minimum atomic E-state index is -0.289. The van der Waals surface area contributed by atoms with Gasteiger partial charge in [0, 0.05) is 13.0 Å². The van der Waals surface area contributed by atoms with Crippen LogP contribution in [-0.4, -0.2) is 24.0 Å². The lowest BCUT2D eigenvalue weighted by Crippen LogP contribution is -2.17. The number of aliphatic hydroxyl groups excluding tert-OH is 1. The maximum absolute atomic E-state index is 12.3. The summed E-state index contributed by atoms with van der Waals surface area (Å²) in [6.07, 6.45) is 4.82. The van der Waals surface area contributed by atoms with Crippen LogP contribution >= 0.6 is 0 Å². The van der Waals surface area contributed by atoms with Crippen molar-refractivity contribution in [1.29, 1.82) is 0 Å². The number of azo groups is 1. The summed E-state index contributed by atoms with van der Waals surface area (Å²) < 4.78 is 0. The van der Waals surface area contributed by atoms with E-state index in [9.17, 15) is 4.79 Å². The summed E-state index contributed by atoms with van der Waals surface area (Å²) in [5.74, 6) is -0.254. The molecule has 1 rings (SSSR count). The number of unbranched alkanes of at least 4 members (excludes halogenated alkanes) is 1. The molecule has 0 aliphatic heterocycles. The van der Waals surface area contributed by atoms with E-state index in [0.29, 0.717) is 12.2 Å². The molecule has 4 nitrogen and oxygen atoms in total. The van der Waals surface area contributed by atoms with Gasteiger partial charge in [-0.3, -0.25) is 4.79 Å². The molecule has 0 radical (unpaired) electrons. The normalized spacial score (nSPS) is 13.5. The molecule has 0 saturated heterocycles. The summed E-state index contributed by atoms with van der Waals surface area (Å²) >= 11 is 0. The third-order valence-corrected chi connectivity index (χ3v) is 3.39.